The lowest BCUT2D eigenvalue weighted by Crippen LogP contribution is -2.34. The maximum absolute atomic E-state index is 5.12. The van der Waals surface area contributed by atoms with Crippen molar-refractivity contribution in [2.24, 2.45) is 0 Å². The summed E-state index contributed by atoms with van der Waals surface area (Å²) in [6.07, 6.45) is 5.84. The number of methoxy groups -OCH3 is 1. The van der Waals surface area contributed by atoms with Crippen LogP contribution in [0, 0.1) is 0 Å². The fourth-order valence-electron chi connectivity index (χ4n) is 1.49. The third-order valence-electron chi connectivity index (χ3n) is 2.43. The number of aromatic nitrogens is 1. The molecule has 0 spiro atoms. The van der Waals surface area contributed by atoms with E-state index in [0.29, 0.717) is 6.04 Å². The predicted molar refractivity (Wildman–Crippen MR) is 61.9 cm³/mol. The number of pyridine rings is 1. The number of nitrogens with zero attached hydrogens (tertiary/aromatic N) is 1. The minimum atomic E-state index is 0.465. The van der Waals surface area contributed by atoms with Gasteiger partial charge in [-0.3, -0.25) is 4.98 Å². The van der Waals surface area contributed by atoms with Crippen molar-refractivity contribution in [2.45, 2.75) is 25.8 Å². The van der Waals surface area contributed by atoms with Crippen LogP contribution in [-0.4, -0.2) is 31.3 Å². The van der Waals surface area contributed by atoms with Gasteiger partial charge in [0.15, 0.2) is 0 Å². The maximum Gasteiger partial charge on any atom is 0.0615 e. The molecule has 0 saturated heterocycles. The lowest BCUT2D eigenvalue weighted by molar-refractivity contribution is 0.165. The quantitative estimate of drug-likeness (QED) is 0.739. The van der Waals surface area contributed by atoms with E-state index >= 15 is 0 Å². The minimum Gasteiger partial charge on any atom is -0.383 e. The van der Waals surface area contributed by atoms with E-state index in [1.807, 2.05) is 12.3 Å². The van der Waals surface area contributed by atoms with Gasteiger partial charge in [0.1, 0.15) is 0 Å². The third-order valence-corrected chi connectivity index (χ3v) is 2.43. The lowest BCUT2D eigenvalue weighted by atomic mass is 10.2. The molecule has 0 aliphatic carbocycles. The zero-order chi connectivity index (χ0) is 10.9. The number of ether oxygens (including phenoxy) is 1. The van der Waals surface area contributed by atoms with Crippen molar-refractivity contribution in [3.63, 3.8) is 0 Å². The van der Waals surface area contributed by atoms with Gasteiger partial charge < -0.3 is 10.1 Å². The van der Waals surface area contributed by atoms with Gasteiger partial charge in [-0.2, -0.15) is 0 Å². The molecular formula is C12H20N2O. The van der Waals surface area contributed by atoms with E-state index in [4.69, 9.17) is 4.74 Å². The molecule has 1 aromatic heterocycles. The van der Waals surface area contributed by atoms with Crippen LogP contribution >= 0.6 is 0 Å². The predicted octanol–water partition coefficient (Wildman–Crippen LogP) is 1.64. The molecule has 0 aliphatic rings. The van der Waals surface area contributed by atoms with Gasteiger partial charge in [-0.25, -0.2) is 0 Å². The summed E-state index contributed by atoms with van der Waals surface area (Å²) in [6, 6.07) is 4.54. The summed E-state index contributed by atoms with van der Waals surface area (Å²) in [6.45, 7) is 3.93. The van der Waals surface area contributed by atoms with Gasteiger partial charge in [0.05, 0.1) is 6.61 Å². The third kappa shape index (κ3) is 4.91. The van der Waals surface area contributed by atoms with Crippen LogP contribution in [0.4, 0.5) is 0 Å². The first-order chi connectivity index (χ1) is 7.36. The molecule has 3 nitrogen and oxygen atoms in total. The Kier molecular flexibility index (Phi) is 5.97. The van der Waals surface area contributed by atoms with Crippen molar-refractivity contribution in [1.29, 1.82) is 0 Å². The summed E-state index contributed by atoms with van der Waals surface area (Å²) in [5.41, 5.74) is 1.28. The highest BCUT2D eigenvalue weighted by Gasteiger charge is 2.03. The second-order valence-electron chi connectivity index (χ2n) is 3.63. The summed E-state index contributed by atoms with van der Waals surface area (Å²) in [5.74, 6) is 0. The summed E-state index contributed by atoms with van der Waals surface area (Å²) < 4.78 is 5.12. The van der Waals surface area contributed by atoms with Gasteiger partial charge >= 0.3 is 0 Å². The first kappa shape index (κ1) is 12.1. The Morgan fingerprint density at radius 1 is 1.53 bits per heavy atom. The van der Waals surface area contributed by atoms with Crippen LogP contribution in [0.1, 0.15) is 18.9 Å². The SMILES string of the molecule is CCC(COC)NCCc1cccnc1. The summed E-state index contributed by atoms with van der Waals surface area (Å²) in [7, 11) is 1.74. The molecule has 0 saturated carbocycles. The fraction of sp³-hybridized carbons (Fsp3) is 0.583. The summed E-state index contributed by atoms with van der Waals surface area (Å²) in [5, 5.41) is 3.47. The molecule has 0 fully saturated rings. The fourth-order valence-corrected chi connectivity index (χ4v) is 1.49. The van der Waals surface area contributed by atoms with E-state index in [1.165, 1.54) is 5.56 Å². The molecular weight excluding hydrogens is 188 g/mol. The Labute approximate surface area is 91.9 Å². The normalized spacial score (nSPS) is 12.7. The highest BCUT2D eigenvalue weighted by molar-refractivity contribution is 5.08. The zero-order valence-electron chi connectivity index (χ0n) is 9.57. The molecule has 3 heteroatoms. The Morgan fingerprint density at radius 2 is 2.40 bits per heavy atom. The van der Waals surface area contributed by atoms with Crippen molar-refractivity contribution in [2.75, 3.05) is 20.3 Å². The second kappa shape index (κ2) is 7.37. The van der Waals surface area contributed by atoms with Gasteiger partial charge in [0.2, 0.25) is 0 Å². The molecule has 1 atom stereocenters. The first-order valence-corrected chi connectivity index (χ1v) is 5.48. The van der Waals surface area contributed by atoms with Crippen LogP contribution < -0.4 is 5.32 Å². The van der Waals surface area contributed by atoms with Crippen LogP contribution in [-0.2, 0) is 11.2 Å². The Morgan fingerprint density at radius 3 is 3.00 bits per heavy atom. The van der Waals surface area contributed by atoms with E-state index in [0.717, 1.165) is 26.0 Å². The average molecular weight is 208 g/mol. The van der Waals surface area contributed by atoms with E-state index < -0.39 is 0 Å². The van der Waals surface area contributed by atoms with E-state index in [1.54, 1.807) is 13.3 Å². The van der Waals surface area contributed by atoms with Crippen molar-refractivity contribution < 1.29 is 4.74 Å². The molecule has 0 amide bonds. The van der Waals surface area contributed by atoms with Gasteiger partial charge in [-0.05, 0) is 31.0 Å². The van der Waals surface area contributed by atoms with Crippen molar-refractivity contribution >= 4 is 0 Å². The Bertz CT molecular complexity index is 251. The number of hydrogen-bond acceptors (Lipinski definition) is 3. The van der Waals surface area contributed by atoms with E-state index in [2.05, 4.69) is 23.3 Å². The second-order valence-corrected chi connectivity index (χ2v) is 3.63. The zero-order valence-corrected chi connectivity index (χ0v) is 9.57. The Hall–Kier alpha value is -0.930. The molecule has 0 radical (unpaired) electrons. The lowest BCUT2D eigenvalue weighted by Gasteiger charge is -2.15. The smallest absolute Gasteiger partial charge is 0.0615 e. The molecule has 84 valence electrons. The Balaban J connectivity index is 2.20. The van der Waals surface area contributed by atoms with Crippen LogP contribution in [0.2, 0.25) is 0 Å². The van der Waals surface area contributed by atoms with Gasteiger partial charge in [0.25, 0.3) is 0 Å². The standard InChI is InChI=1S/C12H20N2O/c1-3-12(10-15-2)14-8-6-11-5-4-7-13-9-11/h4-5,7,9,12,14H,3,6,8,10H2,1-2H3. The van der Waals surface area contributed by atoms with Gasteiger partial charge in [-0.15, -0.1) is 0 Å². The maximum atomic E-state index is 5.12. The molecule has 0 aliphatic heterocycles. The van der Waals surface area contributed by atoms with Crippen LogP contribution in [0.3, 0.4) is 0 Å². The number of hydrogen-bond donors (Lipinski definition) is 1. The average Bonchev–Trinajstić information content (AvgIpc) is 2.29. The summed E-state index contributed by atoms with van der Waals surface area (Å²) >= 11 is 0. The minimum absolute atomic E-state index is 0.465. The van der Waals surface area contributed by atoms with Crippen molar-refractivity contribution in [1.82, 2.24) is 10.3 Å². The highest BCUT2D eigenvalue weighted by atomic mass is 16.5. The molecule has 1 N–H and O–H groups in total. The number of nitrogens with one attached hydrogen (secondary N) is 1. The molecule has 1 rings (SSSR count). The van der Waals surface area contributed by atoms with Gasteiger partial charge in [-0.1, -0.05) is 13.0 Å². The van der Waals surface area contributed by atoms with Crippen LogP contribution in [0.25, 0.3) is 0 Å². The molecule has 0 bridgehead atoms. The molecule has 1 unspecified atom stereocenters. The largest absolute Gasteiger partial charge is 0.383 e. The van der Waals surface area contributed by atoms with Crippen LogP contribution in [0.5, 0.6) is 0 Å². The molecule has 15 heavy (non-hydrogen) atoms. The monoisotopic (exact) mass is 208 g/mol. The van der Waals surface area contributed by atoms with E-state index in [-0.39, 0.29) is 0 Å². The first-order valence-electron chi connectivity index (χ1n) is 5.48. The number of rotatable bonds is 7. The van der Waals surface area contributed by atoms with Crippen LogP contribution in [0.15, 0.2) is 24.5 Å². The molecule has 1 heterocycles. The summed E-state index contributed by atoms with van der Waals surface area (Å²) in [4.78, 5) is 4.09. The van der Waals surface area contributed by atoms with Crippen molar-refractivity contribution in [3.05, 3.63) is 30.1 Å². The highest BCUT2D eigenvalue weighted by Crippen LogP contribution is 1.97. The molecule has 0 aromatic carbocycles. The van der Waals surface area contributed by atoms with E-state index in [9.17, 15) is 0 Å². The van der Waals surface area contributed by atoms with Gasteiger partial charge in [0, 0.05) is 25.5 Å². The topological polar surface area (TPSA) is 34.1 Å². The van der Waals surface area contributed by atoms with Crippen molar-refractivity contribution in [3.8, 4) is 0 Å². The molecule has 1 aromatic rings.